The third kappa shape index (κ3) is 3.64. The van der Waals surface area contributed by atoms with Crippen LogP contribution in [0.5, 0.6) is 10.9 Å². The van der Waals surface area contributed by atoms with Gasteiger partial charge in [-0.05, 0) is 38.1 Å². The van der Waals surface area contributed by atoms with E-state index in [2.05, 4.69) is 4.98 Å². The number of aryl methyl sites for hydroxylation is 2. The fourth-order valence-corrected chi connectivity index (χ4v) is 4.30. The van der Waals surface area contributed by atoms with E-state index in [0.717, 1.165) is 34.6 Å². The number of nitrogens with zero attached hydrogens (tertiary/aromatic N) is 2. The van der Waals surface area contributed by atoms with E-state index < -0.39 is 0 Å². The molecule has 6 nitrogen and oxygen atoms in total. The molecule has 1 aliphatic heterocycles. The van der Waals surface area contributed by atoms with Crippen LogP contribution in [0.1, 0.15) is 34.7 Å². The number of fused-ring (bicyclic) bond motifs is 1. The zero-order chi connectivity index (χ0) is 19.0. The van der Waals surface area contributed by atoms with Gasteiger partial charge in [0.2, 0.25) is 0 Å². The molecule has 1 saturated heterocycles. The summed E-state index contributed by atoms with van der Waals surface area (Å²) in [6, 6.07) is 7.62. The molecule has 0 atom stereocenters. The first kappa shape index (κ1) is 17.9. The molecule has 4 rings (SSSR count). The van der Waals surface area contributed by atoms with E-state index >= 15 is 0 Å². The molecular weight excluding hydrogens is 364 g/mol. The number of likely N-dealkylation sites (tertiary alicyclic amines) is 1. The maximum atomic E-state index is 12.7. The number of benzene rings is 1. The predicted molar refractivity (Wildman–Crippen MR) is 104 cm³/mol. The number of furan rings is 1. The fraction of sp³-hybridized carbons (Fsp3) is 0.400. The maximum Gasteiger partial charge on any atom is 0.274 e. The Morgan fingerprint density at radius 3 is 2.70 bits per heavy atom. The number of aromatic nitrogens is 1. The second-order valence-corrected chi connectivity index (χ2v) is 7.74. The van der Waals surface area contributed by atoms with Crippen molar-refractivity contribution in [3.05, 3.63) is 41.3 Å². The first-order valence-electron chi connectivity index (χ1n) is 9.01. The number of hydrogen-bond acceptors (Lipinski definition) is 6. The molecule has 0 saturated carbocycles. The van der Waals surface area contributed by atoms with Crippen LogP contribution in [0, 0.1) is 13.8 Å². The van der Waals surface area contributed by atoms with Crippen molar-refractivity contribution in [1.82, 2.24) is 9.88 Å². The fourth-order valence-electron chi connectivity index (χ4n) is 3.39. The van der Waals surface area contributed by atoms with Crippen LogP contribution >= 0.6 is 11.3 Å². The van der Waals surface area contributed by atoms with Crippen LogP contribution in [0.15, 0.2) is 28.7 Å². The lowest BCUT2D eigenvalue weighted by Crippen LogP contribution is -2.41. The number of thiazole rings is 1. The third-order valence-corrected chi connectivity index (χ3v) is 5.75. The summed E-state index contributed by atoms with van der Waals surface area (Å²) >= 11 is 1.52. The number of rotatable bonds is 4. The zero-order valence-electron chi connectivity index (χ0n) is 15.7. The molecule has 0 aliphatic carbocycles. The summed E-state index contributed by atoms with van der Waals surface area (Å²) in [5.74, 6) is 2.30. The Morgan fingerprint density at radius 2 is 2.04 bits per heavy atom. The highest BCUT2D eigenvalue weighted by atomic mass is 32.1. The minimum absolute atomic E-state index is 0.0369. The van der Waals surface area contributed by atoms with Crippen molar-refractivity contribution in [2.75, 3.05) is 20.2 Å². The second-order valence-electron chi connectivity index (χ2n) is 6.75. The zero-order valence-corrected chi connectivity index (χ0v) is 16.5. The molecule has 0 bridgehead atoms. The van der Waals surface area contributed by atoms with Crippen LogP contribution < -0.4 is 9.47 Å². The Morgan fingerprint density at radius 1 is 1.26 bits per heavy atom. The summed E-state index contributed by atoms with van der Waals surface area (Å²) in [6.45, 7) is 5.04. The average molecular weight is 386 g/mol. The van der Waals surface area contributed by atoms with Gasteiger partial charge in [-0.15, -0.1) is 0 Å². The first-order valence-corrected chi connectivity index (χ1v) is 9.82. The van der Waals surface area contributed by atoms with Crippen molar-refractivity contribution >= 4 is 27.5 Å². The topological polar surface area (TPSA) is 64.8 Å². The lowest BCUT2D eigenvalue weighted by molar-refractivity contribution is 0.0594. The van der Waals surface area contributed by atoms with Crippen LogP contribution in [0.3, 0.4) is 0 Å². The van der Waals surface area contributed by atoms with E-state index in [1.54, 1.807) is 7.11 Å². The molecule has 27 heavy (non-hydrogen) atoms. The number of piperidine rings is 1. The van der Waals surface area contributed by atoms with Gasteiger partial charge < -0.3 is 18.8 Å². The van der Waals surface area contributed by atoms with Crippen LogP contribution in [0.25, 0.3) is 10.2 Å². The minimum Gasteiger partial charge on any atom is -0.497 e. The van der Waals surface area contributed by atoms with Crippen LogP contribution in [0.4, 0.5) is 0 Å². The lowest BCUT2D eigenvalue weighted by Gasteiger charge is -2.31. The van der Waals surface area contributed by atoms with Crippen molar-refractivity contribution in [1.29, 1.82) is 0 Å². The summed E-state index contributed by atoms with van der Waals surface area (Å²) in [5, 5.41) is 0.671. The highest BCUT2D eigenvalue weighted by Gasteiger charge is 2.27. The Kier molecular flexibility index (Phi) is 4.78. The molecule has 1 fully saturated rings. The Balaban J connectivity index is 1.38. The second kappa shape index (κ2) is 7.23. The van der Waals surface area contributed by atoms with E-state index in [0.29, 0.717) is 29.6 Å². The first-order chi connectivity index (χ1) is 13.0. The Labute approximate surface area is 161 Å². The van der Waals surface area contributed by atoms with Gasteiger partial charge in [0.25, 0.3) is 11.1 Å². The average Bonchev–Trinajstić information content (AvgIpc) is 3.22. The molecule has 3 aromatic rings. The minimum atomic E-state index is 0.0369. The number of carbonyl (C=O) groups excluding carboxylic acids is 1. The molecule has 0 spiro atoms. The van der Waals surface area contributed by atoms with Crippen molar-refractivity contribution in [2.45, 2.75) is 32.8 Å². The molecule has 2 aromatic heterocycles. The maximum absolute atomic E-state index is 12.7. The van der Waals surface area contributed by atoms with Gasteiger partial charge in [0, 0.05) is 25.9 Å². The van der Waals surface area contributed by atoms with E-state index in [9.17, 15) is 4.79 Å². The smallest absolute Gasteiger partial charge is 0.274 e. The van der Waals surface area contributed by atoms with Crippen LogP contribution in [-0.4, -0.2) is 42.1 Å². The van der Waals surface area contributed by atoms with Gasteiger partial charge in [-0.2, -0.15) is 0 Å². The SMILES string of the molecule is COc1ccc2nc(OC3CCN(C(=O)c4cc(C)oc4C)CC3)sc2c1. The number of ether oxygens (including phenoxy) is 2. The highest BCUT2D eigenvalue weighted by Crippen LogP contribution is 2.32. The normalized spacial score (nSPS) is 15.3. The quantitative estimate of drug-likeness (QED) is 0.672. The Bertz CT molecular complexity index is 970. The lowest BCUT2D eigenvalue weighted by atomic mass is 10.1. The number of methoxy groups -OCH3 is 1. The number of carbonyl (C=O) groups is 1. The summed E-state index contributed by atoms with van der Waals surface area (Å²) in [5.41, 5.74) is 1.57. The van der Waals surface area contributed by atoms with E-state index in [4.69, 9.17) is 13.9 Å². The van der Waals surface area contributed by atoms with Gasteiger partial charge in [-0.3, -0.25) is 4.79 Å². The van der Waals surface area contributed by atoms with Crippen LogP contribution in [0.2, 0.25) is 0 Å². The van der Waals surface area contributed by atoms with Gasteiger partial charge >= 0.3 is 0 Å². The molecule has 1 aromatic carbocycles. The van der Waals surface area contributed by atoms with E-state index in [1.807, 2.05) is 43.0 Å². The van der Waals surface area contributed by atoms with Crippen molar-refractivity contribution in [3.63, 3.8) is 0 Å². The van der Waals surface area contributed by atoms with E-state index in [1.165, 1.54) is 11.3 Å². The summed E-state index contributed by atoms with van der Waals surface area (Å²) < 4.78 is 17.9. The molecule has 142 valence electrons. The number of amides is 1. The molecular formula is C20H22N2O4S. The van der Waals surface area contributed by atoms with Gasteiger partial charge in [0.05, 0.1) is 22.9 Å². The molecule has 0 unspecified atom stereocenters. The summed E-state index contributed by atoms with van der Waals surface area (Å²) in [7, 11) is 1.65. The van der Waals surface area contributed by atoms with Crippen molar-refractivity contribution in [2.24, 2.45) is 0 Å². The van der Waals surface area contributed by atoms with Gasteiger partial charge in [-0.25, -0.2) is 4.98 Å². The highest BCUT2D eigenvalue weighted by molar-refractivity contribution is 7.20. The molecule has 1 aliphatic rings. The van der Waals surface area contributed by atoms with Gasteiger partial charge in [0.15, 0.2) is 0 Å². The Hall–Kier alpha value is -2.54. The van der Waals surface area contributed by atoms with Gasteiger partial charge in [0.1, 0.15) is 23.4 Å². The third-order valence-electron chi connectivity index (χ3n) is 4.84. The van der Waals surface area contributed by atoms with Crippen molar-refractivity contribution < 1.29 is 18.7 Å². The van der Waals surface area contributed by atoms with E-state index in [-0.39, 0.29) is 12.0 Å². The monoisotopic (exact) mass is 386 g/mol. The summed E-state index contributed by atoms with van der Waals surface area (Å²) in [4.78, 5) is 19.1. The molecule has 0 radical (unpaired) electrons. The summed E-state index contributed by atoms with van der Waals surface area (Å²) in [6.07, 6.45) is 1.66. The molecule has 0 N–H and O–H groups in total. The van der Waals surface area contributed by atoms with Crippen molar-refractivity contribution in [3.8, 4) is 10.9 Å². The molecule has 3 heterocycles. The predicted octanol–water partition coefficient (Wildman–Crippen LogP) is 4.20. The standard InChI is InChI=1S/C20H22N2O4S/c1-12-10-16(13(2)25-12)19(23)22-8-6-14(7-9-22)26-20-21-17-5-4-15(24-3)11-18(17)27-20/h4-5,10-11,14H,6-9H2,1-3H3. The van der Waals surface area contributed by atoms with Crippen LogP contribution in [-0.2, 0) is 0 Å². The largest absolute Gasteiger partial charge is 0.497 e. The molecule has 1 amide bonds. The van der Waals surface area contributed by atoms with Gasteiger partial charge in [-0.1, -0.05) is 11.3 Å². The molecule has 7 heteroatoms. The number of hydrogen-bond donors (Lipinski definition) is 0.